The number of piperidine rings is 1. The van der Waals surface area contributed by atoms with Crippen molar-refractivity contribution in [2.75, 3.05) is 19.8 Å². The molecule has 0 spiro atoms. The summed E-state index contributed by atoms with van der Waals surface area (Å²) in [6.07, 6.45) is 5.63. The second kappa shape index (κ2) is 9.72. The first-order chi connectivity index (χ1) is 9.50. The van der Waals surface area contributed by atoms with Gasteiger partial charge in [-0.3, -0.25) is 5.43 Å². The van der Waals surface area contributed by atoms with E-state index < -0.39 is 6.10 Å². The molecule has 2 N–H and O–H groups in total. The molecular formula is C16H34N2O2. The maximum atomic E-state index is 9.95. The van der Waals surface area contributed by atoms with Gasteiger partial charge in [-0.1, -0.05) is 20.3 Å². The van der Waals surface area contributed by atoms with Gasteiger partial charge in [0.05, 0.1) is 12.7 Å². The van der Waals surface area contributed by atoms with Crippen LogP contribution in [0.5, 0.6) is 0 Å². The molecule has 1 saturated heterocycles. The first-order valence-corrected chi connectivity index (χ1v) is 8.28. The molecule has 0 radical (unpaired) electrons. The van der Waals surface area contributed by atoms with Crippen LogP contribution in [0.1, 0.15) is 59.8 Å². The lowest BCUT2D eigenvalue weighted by molar-refractivity contribution is -0.00335. The van der Waals surface area contributed by atoms with E-state index in [1.165, 1.54) is 25.7 Å². The molecule has 4 heteroatoms. The number of aliphatic hydroxyl groups excluding tert-OH is 1. The number of nitrogens with zero attached hydrogens (tertiary/aromatic N) is 1. The third kappa shape index (κ3) is 7.02. The fourth-order valence-corrected chi connectivity index (χ4v) is 2.82. The Morgan fingerprint density at radius 1 is 1.25 bits per heavy atom. The van der Waals surface area contributed by atoms with Crippen LogP contribution in [0.3, 0.4) is 0 Å². The lowest BCUT2D eigenvalue weighted by Crippen LogP contribution is -2.54. The summed E-state index contributed by atoms with van der Waals surface area (Å²) in [5, 5.41) is 12.2. The molecule has 1 rings (SSSR count). The fourth-order valence-electron chi connectivity index (χ4n) is 2.82. The highest BCUT2D eigenvalue weighted by atomic mass is 16.5. The SMILES string of the molecule is CC(C)CCCOCC(O)CNN1C(C)CCCC1C. The van der Waals surface area contributed by atoms with Crippen LogP contribution >= 0.6 is 0 Å². The first-order valence-electron chi connectivity index (χ1n) is 8.28. The van der Waals surface area contributed by atoms with Crippen LogP contribution in [0.25, 0.3) is 0 Å². The highest BCUT2D eigenvalue weighted by Gasteiger charge is 2.24. The van der Waals surface area contributed by atoms with Gasteiger partial charge in [-0.05, 0) is 45.4 Å². The third-order valence-electron chi connectivity index (χ3n) is 4.08. The number of hydrogen-bond acceptors (Lipinski definition) is 4. The molecule has 120 valence electrons. The quantitative estimate of drug-likeness (QED) is 0.640. The van der Waals surface area contributed by atoms with Crippen molar-refractivity contribution in [2.45, 2.75) is 78.0 Å². The van der Waals surface area contributed by atoms with Crippen LogP contribution in [0, 0.1) is 5.92 Å². The van der Waals surface area contributed by atoms with E-state index in [1.807, 2.05) is 0 Å². The summed E-state index contributed by atoms with van der Waals surface area (Å²) in [7, 11) is 0. The maximum Gasteiger partial charge on any atom is 0.0911 e. The molecule has 3 atom stereocenters. The van der Waals surface area contributed by atoms with Crippen molar-refractivity contribution in [2.24, 2.45) is 5.92 Å². The standard InChI is InChI=1S/C16H34N2O2/c1-13(2)7-6-10-20-12-16(19)11-17-18-14(3)8-5-9-15(18)4/h13-17,19H,5-12H2,1-4H3. The van der Waals surface area contributed by atoms with Gasteiger partial charge >= 0.3 is 0 Å². The smallest absolute Gasteiger partial charge is 0.0911 e. The average molecular weight is 286 g/mol. The van der Waals surface area contributed by atoms with Crippen molar-refractivity contribution in [1.82, 2.24) is 10.4 Å². The van der Waals surface area contributed by atoms with Crippen LogP contribution in [0.2, 0.25) is 0 Å². The average Bonchev–Trinajstić information content (AvgIpc) is 2.37. The highest BCUT2D eigenvalue weighted by molar-refractivity contribution is 4.77. The number of nitrogens with one attached hydrogen (secondary N) is 1. The van der Waals surface area contributed by atoms with Gasteiger partial charge in [-0.15, -0.1) is 0 Å². The van der Waals surface area contributed by atoms with Crippen molar-refractivity contribution >= 4 is 0 Å². The topological polar surface area (TPSA) is 44.7 Å². The molecule has 3 unspecified atom stereocenters. The Labute approximate surface area is 124 Å². The number of ether oxygens (including phenoxy) is 1. The summed E-state index contributed by atoms with van der Waals surface area (Å²) in [4.78, 5) is 0. The molecule has 1 heterocycles. The van der Waals surface area contributed by atoms with Crippen LogP contribution in [0.15, 0.2) is 0 Å². The van der Waals surface area contributed by atoms with E-state index in [4.69, 9.17) is 4.74 Å². The van der Waals surface area contributed by atoms with Gasteiger partial charge in [-0.2, -0.15) is 0 Å². The monoisotopic (exact) mass is 286 g/mol. The summed E-state index contributed by atoms with van der Waals surface area (Å²) in [6, 6.07) is 1.11. The van der Waals surface area contributed by atoms with Crippen molar-refractivity contribution in [3.63, 3.8) is 0 Å². The van der Waals surface area contributed by atoms with Crippen LogP contribution in [0.4, 0.5) is 0 Å². The van der Waals surface area contributed by atoms with E-state index in [1.54, 1.807) is 0 Å². The molecule has 0 bridgehead atoms. The molecule has 0 aromatic rings. The van der Waals surface area contributed by atoms with Crippen LogP contribution in [-0.4, -0.2) is 48.1 Å². The van der Waals surface area contributed by atoms with Gasteiger partial charge in [-0.25, -0.2) is 5.01 Å². The van der Waals surface area contributed by atoms with E-state index in [2.05, 4.69) is 38.1 Å². The Morgan fingerprint density at radius 2 is 1.90 bits per heavy atom. The van der Waals surface area contributed by atoms with E-state index in [9.17, 15) is 5.11 Å². The zero-order valence-electron chi connectivity index (χ0n) is 13.8. The molecule has 0 aromatic heterocycles. The van der Waals surface area contributed by atoms with Crippen molar-refractivity contribution < 1.29 is 9.84 Å². The van der Waals surface area contributed by atoms with Crippen LogP contribution < -0.4 is 5.43 Å². The molecule has 20 heavy (non-hydrogen) atoms. The first kappa shape index (κ1) is 17.9. The predicted octanol–water partition coefficient (Wildman–Crippen LogP) is 2.57. The zero-order chi connectivity index (χ0) is 15.0. The molecule has 0 amide bonds. The third-order valence-corrected chi connectivity index (χ3v) is 4.08. The maximum absolute atomic E-state index is 9.95. The van der Waals surface area contributed by atoms with E-state index >= 15 is 0 Å². The second-order valence-corrected chi connectivity index (χ2v) is 6.66. The second-order valence-electron chi connectivity index (χ2n) is 6.66. The van der Waals surface area contributed by atoms with Crippen molar-refractivity contribution in [3.8, 4) is 0 Å². The predicted molar refractivity (Wildman–Crippen MR) is 83.5 cm³/mol. The van der Waals surface area contributed by atoms with Gasteiger partial charge in [0.2, 0.25) is 0 Å². The Morgan fingerprint density at radius 3 is 2.50 bits per heavy atom. The molecule has 1 aliphatic heterocycles. The lowest BCUT2D eigenvalue weighted by Gasteiger charge is -2.39. The number of hydrazine groups is 1. The summed E-state index contributed by atoms with van der Waals surface area (Å²) >= 11 is 0. The van der Waals surface area contributed by atoms with E-state index in [-0.39, 0.29) is 0 Å². The lowest BCUT2D eigenvalue weighted by atomic mass is 10.00. The molecule has 0 saturated carbocycles. The summed E-state index contributed by atoms with van der Waals surface area (Å²) in [6.45, 7) is 10.7. The van der Waals surface area contributed by atoms with E-state index in [0.29, 0.717) is 25.2 Å². The minimum Gasteiger partial charge on any atom is -0.389 e. The minimum atomic E-state index is -0.421. The summed E-state index contributed by atoms with van der Waals surface area (Å²) in [5.41, 5.74) is 3.38. The molecule has 1 aliphatic rings. The van der Waals surface area contributed by atoms with Crippen molar-refractivity contribution in [1.29, 1.82) is 0 Å². The van der Waals surface area contributed by atoms with Crippen LogP contribution in [-0.2, 0) is 4.74 Å². The largest absolute Gasteiger partial charge is 0.389 e. The Bertz CT molecular complexity index is 239. The Hall–Kier alpha value is -0.160. The van der Waals surface area contributed by atoms with Gasteiger partial charge in [0.1, 0.15) is 0 Å². The zero-order valence-corrected chi connectivity index (χ0v) is 13.8. The highest BCUT2D eigenvalue weighted by Crippen LogP contribution is 2.20. The van der Waals surface area contributed by atoms with Gasteiger partial charge in [0, 0.05) is 25.2 Å². The molecule has 0 aromatic carbocycles. The van der Waals surface area contributed by atoms with Gasteiger partial charge in [0.15, 0.2) is 0 Å². The number of hydrogen-bond donors (Lipinski definition) is 2. The number of rotatable bonds is 9. The Balaban J connectivity index is 2.08. The summed E-state index contributed by atoms with van der Waals surface area (Å²) in [5.74, 6) is 0.729. The van der Waals surface area contributed by atoms with Gasteiger partial charge < -0.3 is 9.84 Å². The molecule has 0 aliphatic carbocycles. The Kier molecular flexibility index (Phi) is 8.69. The fraction of sp³-hybridized carbons (Fsp3) is 1.00. The van der Waals surface area contributed by atoms with Gasteiger partial charge in [0.25, 0.3) is 0 Å². The number of aliphatic hydroxyl groups is 1. The normalized spacial score (nSPS) is 26.1. The van der Waals surface area contributed by atoms with Crippen molar-refractivity contribution in [3.05, 3.63) is 0 Å². The summed E-state index contributed by atoms with van der Waals surface area (Å²) < 4.78 is 5.53. The molecule has 1 fully saturated rings. The molecular weight excluding hydrogens is 252 g/mol. The minimum absolute atomic E-state index is 0.421. The van der Waals surface area contributed by atoms with E-state index in [0.717, 1.165) is 18.9 Å². The molecule has 4 nitrogen and oxygen atoms in total.